The fourth-order valence-electron chi connectivity index (χ4n) is 0.431. The zero-order chi connectivity index (χ0) is 9.61. The van der Waals surface area contributed by atoms with E-state index in [1.807, 2.05) is 0 Å². The molecule has 12 heavy (non-hydrogen) atoms. The van der Waals surface area contributed by atoms with Crippen molar-refractivity contribution >= 4 is 7.82 Å². The highest BCUT2D eigenvalue weighted by Crippen LogP contribution is 2.42. The normalized spacial score (nSPS) is 15.5. The third-order valence-corrected chi connectivity index (χ3v) is 1.91. The molecular weight excluding hydrogens is 189 g/mol. The first-order valence-corrected chi connectivity index (χ1v) is 4.71. The monoisotopic (exact) mass is 199 g/mol. The summed E-state index contributed by atoms with van der Waals surface area (Å²) in [6.45, 7) is 0.588. The molecule has 0 aliphatic carbocycles. The van der Waals surface area contributed by atoms with Gasteiger partial charge in [0, 0.05) is 4.92 Å². The first-order valence-electron chi connectivity index (χ1n) is 3.21. The quantitative estimate of drug-likeness (QED) is 0.378. The lowest BCUT2D eigenvalue weighted by Gasteiger charge is -2.08. The SMILES string of the molecule is CCOP(=O)(O)OCC[N+](=O)[O-]. The Morgan fingerprint density at radius 1 is 1.58 bits per heavy atom. The lowest BCUT2D eigenvalue weighted by molar-refractivity contribution is -0.481. The van der Waals surface area contributed by atoms with Gasteiger partial charge in [-0.25, -0.2) is 4.57 Å². The van der Waals surface area contributed by atoms with Gasteiger partial charge < -0.3 is 4.89 Å². The second-order valence-electron chi connectivity index (χ2n) is 1.78. The average Bonchev–Trinajstić information content (AvgIpc) is 1.85. The Morgan fingerprint density at radius 2 is 2.17 bits per heavy atom. The standard InChI is InChI=1S/C4H10NO6P/c1-2-10-12(8,9)11-4-3-5(6)7/h2-4H2,1H3,(H,8,9). The van der Waals surface area contributed by atoms with Gasteiger partial charge in [-0.15, -0.1) is 0 Å². The van der Waals surface area contributed by atoms with Gasteiger partial charge in [-0.05, 0) is 6.92 Å². The molecule has 0 rings (SSSR count). The van der Waals surface area contributed by atoms with Crippen molar-refractivity contribution in [2.45, 2.75) is 6.92 Å². The van der Waals surface area contributed by atoms with Gasteiger partial charge in [0.2, 0.25) is 6.54 Å². The molecule has 1 atom stereocenters. The minimum Gasteiger partial charge on any atom is -0.302 e. The first kappa shape index (κ1) is 11.5. The van der Waals surface area contributed by atoms with E-state index in [1.165, 1.54) is 6.92 Å². The Balaban J connectivity index is 3.61. The third kappa shape index (κ3) is 6.23. The second kappa shape index (κ2) is 5.21. The van der Waals surface area contributed by atoms with Crippen molar-refractivity contribution < 1.29 is 23.4 Å². The van der Waals surface area contributed by atoms with Crippen LogP contribution in [-0.4, -0.2) is 29.6 Å². The predicted molar refractivity (Wildman–Crippen MR) is 39.3 cm³/mol. The molecule has 0 aromatic rings. The summed E-state index contributed by atoms with van der Waals surface area (Å²) in [4.78, 5) is 17.8. The van der Waals surface area contributed by atoms with Crippen molar-refractivity contribution in [1.82, 2.24) is 0 Å². The zero-order valence-corrected chi connectivity index (χ0v) is 7.40. The number of hydrogen-bond donors (Lipinski definition) is 1. The number of nitrogens with zero attached hydrogens (tertiary/aromatic N) is 1. The van der Waals surface area contributed by atoms with Gasteiger partial charge in [-0.2, -0.15) is 0 Å². The molecule has 0 saturated heterocycles. The van der Waals surface area contributed by atoms with Crippen LogP contribution in [0.15, 0.2) is 0 Å². The smallest absolute Gasteiger partial charge is 0.302 e. The van der Waals surface area contributed by atoms with E-state index in [2.05, 4.69) is 9.05 Å². The van der Waals surface area contributed by atoms with Gasteiger partial charge in [0.15, 0.2) is 0 Å². The number of hydrogen-bond acceptors (Lipinski definition) is 5. The molecule has 0 fully saturated rings. The van der Waals surface area contributed by atoms with Crippen LogP contribution in [0.4, 0.5) is 0 Å². The predicted octanol–water partition coefficient (Wildman–Crippen LogP) is 0.417. The van der Waals surface area contributed by atoms with E-state index in [0.717, 1.165) is 0 Å². The molecule has 0 aliphatic heterocycles. The number of phosphoric ester groups is 1. The van der Waals surface area contributed by atoms with Gasteiger partial charge in [0.05, 0.1) is 6.61 Å². The Hall–Kier alpha value is -0.490. The summed E-state index contributed by atoms with van der Waals surface area (Å²) in [6.07, 6.45) is 0. The molecule has 0 aliphatic rings. The fraction of sp³-hybridized carbons (Fsp3) is 1.00. The van der Waals surface area contributed by atoms with Gasteiger partial charge in [0.25, 0.3) is 0 Å². The van der Waals surface area contributed by atoms with Crippen molar-refractivity contribution in [3.63, 3.8) is 0 Å². The Morgan fingerprint density at radius 3 is 2.58 bits per heavy atom. The lowest BCUT2D eigenvalue weighted by Crippen LogP contribution is -2.08. The van der Waals surface area contributed by atoms with Crippen LogP contribution in [-0.2, 0) is 13.6 Å². The molecular formula is C4H10NO6P. The van der Waals surface area contributed by atoms with Crippen LogP contribution in [0, 0.1) is 10.1 Å². The molecule has 0 heterocycles. The van der Waals surface area contributed by atoms with Gasteiger partial charge in [-0.1, -0.05) is 0 Å². The summed E-state index contributed by atoms with van der Waals surface area (Å²) in [5, 5.41) is 9.76. The summed E-state index contributed by atoms with van der Waals surface area (Å²) in [5.41, 5.74) is 0. The van der Waals surface area contributed by atoms with E-state index in [1.54, 1.807) is 0 Å². The number of rotatable bonds is 6. The van der Waals surface area contributed by atoms with Gasteiger partial charge in [0.1, 0.15) is 6.61 Å². The molecule has 1 unspecified atom stereocenters. The van der Waals surface area contributed by atoms with E-state index in [9.17, 15) is 14.7 Å². The molecule has 0 radical (unpaired) electrons. The number of phosphoric acid groups is 1. The van der Waals surface area contributed by atoms with Crippen LogP contribution >= 0.6 is 7.82 Å². The maximum Gasteiger partial charge on any atom is 0.472 e. The minimum absolute atomic E-state index is 0.0201. The van der Waals surface area contributed by atoms with Crippen molar-refractivity contribution in [1.29, 1.82) is 0 Å². The van der Waals surface area contributed by atoms with Crippen LogP contribution in [0.5, 0.6) is 0 Å². The van der Waals surface area contributed by atoms with E-state index in [0.29, 0.717) is 0 Å². The van der Waals surface area contributed by atoms with E-state index < -0.39 is 25.9 Å². The van der Waals surface area contributed by atoms with E-state index >= 15 is 0 Å². The molecule has 0 aromatic carbocycles. The van der Waals surface area contributed by atoms with Crippen molar-refractivity contribution in [3.8, 4) is 0 Å². The average molecular weight is 199 g/mol. The second-order valence-corrected chi connectivity index (χ2v) is 3.23. The van der Waals surface area contributed by atoms with Crippen LogP contribution in [0.3, 0.4) is 0 Å². The van der Waals surface area contributed by atoms with Crippen molar-refractivity contribution in [2.75, 3.05) is 19.8 Å². The highest BCUT2D eigenvalue weighted by Gasteiger charge is 2.20. The molecule has 72 valence electrons. The maximum atomic E-state index is 10.7. The molecule has 8 heteroatoms. The molecule has 0 amide bonds. The van der Waals surface area contributed by atoms with Crippen LogP contribution in [0.25, 0.3) is 0 Å². The van der Waals surface area contributed by atoms with Crippen LogP contribution in [0.1, 0.15) is 6.92 Å². The largest absolute Gasteiger partial charge is 0.472 e. The van der Waals surface area contributed by atoms with Crippen LogP contribution < -0.4 is 0 Å². The van der Waals surface area contributed by atoms with Crippen LogP contribution in [0.2, 0.25) is 0 Å². The molecule has 0 spiro atoms. The van der Waals surface area contributed by atoms with Gasteiger partial charge in [-0.3, -0.25) is 19.2 Å². The van der Waals surface area contributed by atoms with E-state index in [4.69, 9.17) is 4.89 Å². The third-order valence-electron chi connectivity index (χ3n) is 0.821. The molecule has 7 nitrogen and oxygen atoms in total. The lowest BCUT2D eigenvalue weighted by atomic mass is 10.7. The van der Waals surface area contributed by atoms with Crippen molar-refractivity contribution in [3.05, 3.63) is 10.1 Å². The summed E-state index contributed by atoms with van der Waals surface area (Å²) < 4.78 is 19.2. The Bertz CT molecular complexity index is 194. The Kier molecular flexibility index (Phi) is 5.00. The summed E-state index contributed by atoms with van der Waals surface area (Å²) in [7, 11) is -4.05. The maximum absolute atomic E-state index is 10.7. The van der Waals surface area contributed by atoms with E-state index in [-0.39, 0.29) is 6.61 Å². The highest BCUT2D eigenvalue weighted by molar-refractivity contribution is 7.47. The summed E-state index contributed by atoms with van der Waals surface area (Å²) in [6, 6.07) is 0. The molecule has 0 saturated carbocycles. The minimum atomic E-state index is -4.05. The molecule has 0 aromatic heterocycles. The number of nitro groups is 1. The molecule has 1 N–H and O–H groups in total. The van der Waals surface area contributed by atoms with Crippen molar-refractivity contribution in [2.24, 2.45) is 0 Å². The highest BCUT2D eigenvalue weighted by atomic mass is 31.2. The fourth-order valence-corrected chi connectivity index (χ4v) is 1.14. The molecule has 0 bridgehead atoms. The summed E-state index contributed by atoms with van der Waals surface area (Å²) >= 11 is 0. The topological polar surface area (TPSA) is 98.9 Å². The summed E-state index contributed by atoms with van der Waals surface area (Å²) in [5.74, 6) is 0. The van der Waals surface area contributed by atoms with Gasteiger partial charge >= 0.3 is 7.82 Å². The first-order chi connectivity index (χ1) is 5.48. The Labute approximate surface area is 69.1 Å². The zero-order valence-electron chi connectivity index (χ0n) is 6.50.